The Bertz CT molecular complexity index is 291. The largest absolute Gasteiger partial charge is 0.396 e. The van der Waals surface area contributed by atoms with Gasteiger partial charge in [0.2, 0.25) is 0 Å². The van der Waals surface area contributed by atoms with Crippen molar-refractivity contribution in [2.45, 2.75) is 6.42 Å². The van der Waals surface area contributed by atoms with Crippen molar-refractivity contribution in [3.63, 3.8) is 0 Å². The summed E-state index contributed by atoms with van der Waals surface area (Å²) in [6.45, 7) is -0.000325. The van der Waals surface area contributed by atoms with Gasteiger partial charge in [0, 0.05) is 6.61 Å². The van der Waals surface area contributed by atoms with Gasteiger partial charge in [-0.25, -0.2) is 4.39 Å². The number of benzene rings is 1. The maximum Gasteiger partial charge on any atom is 0.156 e. The molecule has 4 heteroatoms. The van der Waals surface area contributed by atoms with E-state index >= 15 is 0 Å². The summed E-state index contributed by atoms with van der Waals surface area (Å²) in [4.78, 5) is 0. The number of halogens is 3. The van der Waals surface area contributed by atoms with Gasteiger partial charge >= 0.3 is 0 Å². The normalized spacial score (nSPS) is 10.3. The number of aliphatic hydroxyl groups is 1. The molecule has 0 fully saturated rings. The second-order valence-electron chi connectivity index (χ2n) is 2.31. The summed E-state index contributed by atoms with van der Waals surface area (Å²) >= 11 is 8.58. The molecule has 0 amide bonds. The third-order valence-electron chi connectivity index (χ3n) is 1.50. The lowest BCUT2D eigenvalue weighted by Crippen LogP contribution is -1.94. The van der Waals surface area contributed by atoms with Gasteiger partial charge in [-0.1, -0.05) is 17.7 Å². The molecule has 0 aliphatic rings. The van der Waals surface area contributed by atoms with Crippen LogP contribution in [0, 0.1) is 5.82 Å². The second-order valence-corrected chi connectivity index (χ2v) is 3.51. The van der Waals surface area contributed by atoms with E-state index in [1.165, 1.54) is 6.07 Å². The topological polar surface area (TPSA) is 20.2 Å². The molecule has 12 heavy (non-hydrogen) atoms. The predicted molar refractivity (Wildman–Crippen MR) is 49.9 cm³/mol. The highest BCUT2D eigenvalue weighted by Crippen LogP contribution is 2.26. The fourth-order valence-electron chi connectivity index (χ4n) is 0.879. The van der Waals surface area contributed by atoms with E-state index in [1.54, 1.807) is 6.07 Å². The fraction of sp³-hybridized carbons (Fsp3) is 0.250. The van der Waals surface area contributed by atoms with E-state index in [4.69, 9.17) is 16.7 Å². The molecule has 0 aromatic heterocycles. The minimum atomic E-state index is -0.470. The first kappa shape index (κ1) is 9.96. The minimum Gasteiger partial charge on any atom is -0.396 e. The molecule has 1 N–H and O–H groups in total. The van der Waals surface area contributed by atoms with E-state index in [-0.39, 0.29) is 11.6 Å². The number of hydrogen-bond acceptors (Lipinski definition) is 1. The van der Waals surface area contributed by atoms with Gasteiger partial charge in [0.05, 0.1) is 9.50 Å². The highest BCUT2D eigenvalue weighted by Gasteiger charge is 2.08. The highest BCUT2D eigenvalue weighted by atomic mass is 79.9. The van der Waals surface area contributed by atoms with Crippen LogP contribution < -0.4 is 0 Å². The van der Waals surface area contributed by atoms with Crippen molar-refractivity contribution in [1.29, 1.82) is 0 Å². The van der Waals surface area contributed by atoms with Gasteiger partial charge in [0.25, 0.3) is 0 Å². The Kier molecular flexibility index (Phi) is 3.50. The summed E-state index contributed by atoms with van der Waals surface area (Å²) in [6.07, 6.45) is 0.425. The molecule has 0 atom stereocenters. The van der Waals surface area contributed by atoms with Crippen LogP contribution in [0.4, 0.5) is 4.39 Å². The zero-order valence-corrected chi connectivity index (χ0v) is 8.49. The van der Waals surface area contributed by atoms with Crippen LogP contribution in [-0.4, -0.2) is 11.7 Å². The molecule has 1 aromatic carbocycles. The predicted octanol–water partition coefficient (Wildman–Crippen LogP) is 2.78. The molecule has 1 nitrogen and oxygen atoms in total. The van der Waals surface area contributed by atoms with Crippen molar-refractivity contribution in [3.05, 3.63) is 33.0 Å². The number of aliphatic hydroxyl groups excluding tert-OH is 1. The second kappa shape index (κ2) is 4.21. The Hall–Kier alpha value is -0.120. The van der Waals surface area contributed by atoms with Gasteiger partial charge in [-0.05, 0) is 34.0 Å². The third kappa shape index (κ3) is 1.97. The van der Waals surface area contributed by atoms with Gasteiger partial charge in [-0.3, -0.25) is 0 Å². The summed E-state index contributed by atoms with van der Waals surface area (Å²) in [5, 5.41) is 8.71. The average Bonchev–Trinajstić information content (AvgIpc) is 2.07. The van der Waals surface area contributed by atoms with Crippen molar-refractivity contribution in [2.24, 2.45) is 0 Å². The lowest BCUT2D eigenvalue weighted by atomic mass is 10.1. The maximum absolute atomic E-state index is 13.1. The minimum absolute atomic E-state index is 0.000325. The average molecular weight is 253 g/mol. The summed E-state index contributed by atoms with van der Waals surface area (Å²) in [6, 6.07) is 3.17. The fourth-order valence-corrected chi connectivity index (χ4v) is 1.70. The van der Waals surface area contributed by atoms with E-state index < -0.39 is 5.82 Å². The van der Waals surface area contributed by atoms with Gasteiger partial charge < -0.3 is 5.11 Å². The van der Waals surface area contributed by atoms with Crippen molar-refractivity contribution in [1.82, 2.24) is 0 Å². The first-order chi connectivity index (χ1) is 5.66. The molecule has 0 aliphatic heterocycles. The Morgan fingerprint density at radius 3 is 2.75 bits per heavy atom. The third-order valence-corrected chi connectivity index (χ3v) is 2.65. The smallest absolute Gasteiger partial charge is 0.156 e. The molecule has 0 unspecified atom stereocenters. The molecule has 0 radical (unpaired) electrons. The summed E-state index contributed by atoms with van der Waals surface area (Å²) < 4.78 is 13.4. The van der Waals surface area contributed by atoms with E-state index in [0.29, 0.717) is 10.9 Å². The molecule has 0 aliphatic carbocycles. The molecular formula is C8H7BrClFO. The van der Waals surface area contributed by atoms with E-state index in [9.17, 15) is 4.39 Å². The van der Waals surface area contributed by atoms with E-state index in [2.05, 4.69) is 15.9 Å². The van der Waals surface area contributed by atoms with Gasteiger partial charge in [0.15, 0.2) is 5.82 Å². The molecule has 66 valence electrons. The van der Waals surface area contributed by atoms with Crippen molar-refractivity contribution in [2.75, 3.05) is 6.61 Å². The van der Waals surface area contributed by atoms with Crippen LogP contribution in [0.1, 0.15) is 5.56 Å². The van der Waals surface area contributed by atoms with Crippen LogP contribution >= 0.6 is 27.5 Å². The van der Waals surface area contributed by atoms with Crippen LogP contribution in [-0.2, 0) is 6.42 Å². The lowest BCUT2D eigenvalue weighted by molar-refractivity contribution is 0.299. The highest BCUT2D eigenvalue weighted by molar-refractivity contribution is 9.10. The van der Waals surface area contributed by atoms with E-state index in [0.717, 1.165) is 5.56 Å². The zero-order valence-electron chi connectivity index (χ0n) is 6.15. The Balaban J connectivity index is 3.08. The molecule has 0 heterocycles. The maximum atomic E-state index is 13.1. The van der Waals surface area contributed by atoms with E-state index in [1.807, 2.05) is 0 Å². The van der Waals surface area contributed by atoms with Gasteiger partial charge in [0.1, 0.15) is 0 Å². The molecular weight excluding hydrogens is 246 g/mol. The van der Waals surface area contributed by atoms with Crippen LogP contribution in [0.5, 0.6) is 0 Å². The van der Waals surface area contributed by atoms with Gasteiger partial charge in [-0.15, -0.1) is 0 Å². The Labute approximate surface area is 83.3 Å². The molecule has 0 saturated heterocycles. The zero-order chi connectivity index (χ0) is 9.14. The molecule has 0 bridgehead atoms. The van der Waals surface area contributed by atoms with Crippen LogP contribution in [0.3, 0.4) is 0 Å². The quantitative estimate of drug-likeness (QED) is 0.804. The monoisotopic (exact) mass is 252 g/mol. The van der Waals surface area contributed by atoms with Crippen molar-refractivity contribution in [3.8, 4) is 0 Å². The standard InChI is InChI=1S/C8H7BrClFO/c9-7-5(3-4-12)1-2-6(10)8(7)11/h1-2,12H,3-4H2. The van der Waals surface area contributed by atoms with Crippen molar-refractivity contribution < 1.29 is 9.50 Å². The van der Waals surface area contributed by atoms with Crippen LogP contribution in [0.25, 0.3) is 0 Å². The number of rotatable bonds is 2. The van der Waals surface area contributed by atoms with Crippen molar-refractivity contribution >= 4 is 27.5 Å². The molecule has 0 spiro atoms. The van der Waals surface area contributed by atoms with Crippen LogP contribution in [0.2, 0.25) is 5.02 Å². The SMILES string of the molecule is OCCc1ccc(Cl)c(F)c1Br. The van der Waals surface area contributed by atoms with Crippen LogP contribution in [0.15, 0.2) is 16.6 Å². The Morgan fingerprint density at radius 1 is 1.50 bits per heavy atom. The number of hydrogen-bond donors (Lipinski definition) is 1. The first-order valence-electron chi connectivity index (χ1n) is 3.40. The summed E-state index contributed by atoms with van der Waals surface area (Å²) in [5.41, 5.74) is 0.722. The lowest BCUT2D eigenvalue weighted by Gasteiger charge is -2.03. The Morgan fingerprint density at radius 2 is 2.17 bits per heavy atom. The molecule has 1 rings (SSSR count). The molecule has 1 aromatic rings. The molecule has 0 saturated carbocycles. The summed E-state index contributed by atoms with van der Waals surface area (Å²) in [5.74, 6) is -0.470. The van der Waals surface area contributed by atoms with Gasteiger partial charge in [-0.2, -0.15) is 0 Å². The summed E-state index contributed by atoms with van der Waals surface area (Å²) in [7, 11) is 0. The first-order valence-corrected chi connectivity index (χ1v) is 4.57.